The van der Waals surface area contributed by atoms with E-state index in [1.54, 1.807) is 0 Å². The number of H-pyrrole nitrogens is 1. The highest BCUT2D eigenvalue weighted by Gasteiger charge is 2.25. The summed E-state index contributed by atoms with van der Waals surface area (Å²) < 4.78 is 0. The Bertz CT molecular complexity index is 606. The first-order valence-corrected chi connectivity index (χ1v) is 7.19. The number of nitrogens with zero attached hydrogens (tertiary/aromatic N) is 2. The number of aryl methyl sites for hydroxylation is 1. The Hall–Kier alpha value is -2.30. The van der Waals surface area contributed by atoms with Gasteiger partial charge in [0.25, 0.3) is 5.91 Å². The first kappa shape index (κ1) is 15.1. The van der Waals surface area contributed by atoms with Gasteiger partial charge in [0, 0.05) is 12.6 Å². The van der Waals surface area contributed by atoms with Gasteiger partial charge in [0.2, 0.25) is 0 Å². The molecule has 0 bridgehead atoms. The van der Waals surface area contributed by atoms with Crippen LogP contribution < -0.4 is 5.73 Å². The normalized spacial score (nSPS) is 12.1. The molecule has 0 aliphatic carbocycles. The highest BCUT2D eigenvalue weighted by atomic mass is 16.2. The van der Waals surface area contributed by atoms with Crippen LogP contribution in [-0.4, -0.2) is 27.0 Å². The number of hydrogen-bond acceptors (Lipinski definition) is 3. The molecule has 0 saturated heterocycles. The van der Waals surface area contributed by atoms with E-state index in [9.17, 15) is 4.79 Å². The zero-order chi connectivity index (χ0) is 15.4. The third-order valence-corrected chi connectivity index (χ3v) is 3.78. The molecule has 1 heterocycles. The lowest BCUT2D eigenvalue weighted by molar-refractivity contribution is 0.0666. The van der Waals surface area contributed by atoms with Crippen LogP contribution in [0.25, 0.3) is 0 Å². The molecule has 1 amide bonds. The van der Waals surface area contributed by atoms with Crippen LogP contribution in [0.2, 0.25) is 0 Å². The second-order valence-electron chi connectivity index (χ2n) is 5.29. The number of nitrogen functional groups attached to an aromatic ring is 1. The van der Waals surface area contributed by atoms with Gasteiger partial charge >= 0.3 is 0 Å². The lowest BCUT2D eigenvalue weighted by Gasteiger charge is -2.28. The maximum absolute atomic E-state index is 12.7. The number of hydrogen-bond donors (Lipinski definition) is 2. The number of nitrogens with two attached hydrogens (primary N) is 1. The summed E-state index contributed by atoms with van der Waals surface area (Å²) in [6.45, 7) is 6.47. The standard InChI is InChI=1S/C16H22N4O/c1-4-11(2)20(10-13-8-6-5-7-9-13)16(21)15-14(17)12(3)18-19-15/h5-9,11H,4,10,17H2,1-3H3,(H,18,19). The van der Waals surface area contributed by atoms with Crippen molar-refractivity contribution < 1.29 is 4.79 Å². The first-order chi connectivity index (χ1) is 10.0. The van der Waals surface area contributed by atoms with Gasteiger partial charge in [-0.3, -0.25) is 9.89 Å². The summed E-state index contributed by atoms with van der Waals surface area (Å²) in [6, 6.07) is 10.1. The van der Waals surface area contributed by atoms with Crippen LogP contribution in [0.4, 0.5) is 5.69 Å². The molecule has 0 aliphatic rings. The number of amides is 1. The molecule has 0 aliphatic heterocycles. The molecule has 1 aromatic heterocycles. The summed E-state index contributed by atoms with van der Waals surface area (Å²) in [5, 5.41) is 6.82. The van der Waals surface area contributed by atoms with Crippen molar-refractivity contribution in [2.75, 3.05) is 5.73 Å². The van der Waals surface area contributed by atoms with Gasteiger partial charge in [-0.25, -0.2) is 0 Å². The fourth-order valence-corrected chi connectivity index (χ4v) is 2.17. The second kappa shape index (κ2) is 6.43. The molecule has 0 radical (unpaired) electrons. The summed E-state index contributed by atoms with van der Waals surface area (Å²) in [6.07, 6.45) is 0.877. The van der Waals surface area contributed by atoms with E-state index in [2.05, 4.69) is 17.1 Å². The smallest absolute Gasteiger partial charge is 0.277 e. The molecule has 0 fully saturated rings. The molecule has 1 aromatic carbocycles. The molecule has 1 atom stereocenters. The van der Waals surface area contributed by atoms with E-state index < -0.39 is 0 Å². The Morgan fingerprint density at radius 2 is 2.05 bits per heavy atom. The Kier molecular flexibility index (Phi) is 4.62. The number of anilines is 1. The SMILES string of the molecule is CCC(C)N(Cc1ccccc1)C(=O)c1n[nH]c(C)c1N. The topological polar surface area (TPSA) is 75.0 Å². The number of carbonyl (C=O) groups is 1. The number of benzene rings is 1. The van der Waals surface area contributed by atoms with Gasteiger partial charge in [-0.05, 0) is 25.8 Å². The first-order valence-electron chi connectivity index (χ1n) is 7.19. The third kappa shape index (κ3) is 3.24. The van der Waals surface area contributed by atoms with Crippen molar-refractivity contribution in [1.29, 1.82) is 0 Å². The number of carbonyl (C=O) groups excluding carboxylic acids is 1. The fraction of sp³-hybridized carbons (Fsp3) is 0.375. The lowest BCUT2D eigenvalue weighted by Crippen LogP contribution is -2.38. The lowest BCUT2D eigenvalue weighted by atomic mass is 10.1. The van der Waals surface area contributed by atoms with Crippen molar-refractivity contribution in [2.45, 2.75) is 39.8 Å². The Balaban J connectivity index is 2.28. The van der Waals surface area contributed by atoms with Gasteiger partial charge < -0.3 is 10.6 Å². The molecule has 2 aromatic rings. The van der Waals surface area contributed by atoms with Crippen LogP contribution in [0.1, 0.15) is 42.0 Å². The minimum Gasteiger partial charge on any atom is -0.395 e. The second-order valence-corrected chi connectivity index (χ2v) is 5.29. The molecule has 0 saturated carbocycles. The zero-order valence-corrected chi connectivity index (χ0v) is 12.8. The third-order valence-electron chi connectivity index (χ3n) is 3.78. The molecular formula is C16H22N4O. The summed E-state index contributed by atoms with van der Waals surface area (Å²) >= 11 is 0. The van der Waals surface area contributed by atoms with E-state index in [1.165, 1.54) is 0 Å². The highest BCUT2D eigenvalue weighted by molar-refractivity contribution is 5.97. The molecule has 3 N–H and O–H groups in total. The van der Waals surface area contributed by atoms with Gasteiger partial charge in [-0.2, -0.15) is 5.10 Å². The molecular weight excluding hydrogens is 264 g/mol. The van der Waals surface area contributed by atoms with Crippen LogP contribution >= 0.6 is 0 Å². The predicted molar refractivity (Wildman–Crippen MR) is 83.8 cm³/mol. The van der Waals surface area contributed by atoms with Crippen molar-refractivity contribution in [1.82, 2.24) is 15.1 Å². The summed E-state index contributed by atoms with van der Waals surface area (Å²) in [4.78, 5) is 14.6. The van der Waals surface area contributed by atoms with Crippen LogP contribution in [0, 0.1) is 6.92 Å². The van der Waals surface area contributed by atoms with Crippen molar-refractivity contribution in [2.24, 2.45) is 0 Å². The van der Waals surface area contributed by atoms with Crippen LogP contribution in [0.15, 0.2) is 30.3 Å². The van der Waals surface area contributed by atoms with Gasteiger partial charge in [0.05, 0.1) is 11.4 Å². The van der Waals surface area contributed by atoms with Crippen LogP contribution in [0.5, 0.6) is 0 Å². The molecule has 5 nitrogen and oxygen atoms in total. The van der Waals surface area contributed by atoms with Crippen LogP contribution in [0.3, 0.4) is 0 Å². The largest absolute Gasteiger partial charge is 0.395 e. The van der Waals surface area contributed by atoms with E-state index in [1.807, 2.05) is 49.1 Å². The summed E-state index contributed by atoms with van der Waals surface area (Å²) in [5.74, 6) is -0.130. The number of rotatable bonds is 5. The van der Waals surface area contributed by atoms with Gasteiger partial charge in [-0.1, -0.05) is 37.3 Å². The van der Waals surface area contributed by atoms with Crippen molar-refractivity contribution in [3.05, 3.63) is 47.3 Å². The Morgan fingerprint density at radius 3 is 2.57 bits per heavy atom. The molecule has 21 heavy (non-hydrogen) atoms. The quantitative estimate of drug-likeness (QED) is 0.887. The average molecular weight is 286 g/mol. The number of aromatic amines is 1. The van der Waals surface area contributed by atoms with E-state index >= 15 is 0 Å². The summed E-state index contributed by atoms with van der Waals surface area (Å²) in [7, 11) is 0. The van der Waals surface area contributed by atoms with E-state index in [4.69, 9.17) is 5.73 Å². The highest BCUT2D eigenvalue weighted by Crippen LogP contribution is 2.19. The molecule has 112 valence electrons. The summed E-state index contributed by atoms with van der Waals surface area (Å²) in [5.41, 5.74) is 8.49. The van der Waals surface area contributed by atoms with Crippen molar-refractivity contribution in [3.8, 4) is 0 Å². The molecule has 5 heteroatoms. The van der Waals surface area contributed by atoms with E-state index in [0.29, 0.717) is 17.9 Å². The van der Waals surface area contributed by atoms with E-state index in [0.717, 1.165) is 17.7 Å². The Labute approximate surface area is 125 Å². The van der Waals surface area contributed by atoms with Crippen molar-refractivity contribution >= 4 is 11.6 Å². The van der Waals surface area contributed by atoms with Crippen molar-refractivity contribution in [3.63, 3.8) is 0 Å². The maximum atomic E-state index is 12.7. The fourth-order valence-electron chi connectivity index (χ4n) is 2.17. The van der Waals surface area contributed by atoms with Gasteiger partial charge in [-0.15, -0.1) is 0 Å². The van der Waals surface area contributed by atoms with Gasteiger partial charge in [0.1, 0.15) is 0 Å². The number of nitrogens with one attached hydrogen (secondary N) is 1. The predicted octanol–water partition coefficient (Wildman–Crippen LogP) is 2.74. The van der Waals surface area contributed by atoms with Gasteiger partial charge in [0.15, 0.2) is 5.69 Å². The molecule has 2 rings (SSSR count). The maximum Gasteiger partial charge on any atom is 0.277 e. The zero-order valence-electron chi connectivity index (χ0n) is 12.8. The number of aromatic nitrogens is 2. The van der Waals surface area contributed by atoms with E-state index in [-0.39, 0.29) is 11.9 Å². The molecule has 1 unspecified atom stereocenters. The monoisotopic (exact) mass is 286 g/mol. The average Bonchev–Trinajstić information content (AvgIpc) is 2.84. The minimum atomic E-state index is -0.130. The Morgan fingerprint density at radius 1 is 1.38 bits per heavy atom. The van der Waals surface area contributed by atoms with Crippen LogP contribution in [-0.2, 0) is 6.54 Å². The molecule has 0 spiro atoms. The minimum absolute atomic E-state index is 0.120.